The van der Waals surface area contributed by atoms with Crippen LogP contribution in [-0.4, -0.2) is 51.6 Å². The number of nitrogens with zero attached hydrogens (tertiary/aromatic N) is 2. The molecular weight excluding hydrogens is 441 g/mol. The highest BCUT2D eigenvalue weighted by molar-refractivity contribution is 7.89. The van der Waals surface area contributed by atoms with Crippen molar-refractivity contribution in [3.63, 3.8) is 0 Å². The molecule has 0 bridgehead atoms. The first-order chi connectivity index (χ1) is 13.0. The van der Waals surface area contributed by atoms with Gasteiger partial charge in [-0.1, -0.05) is 11.6 Å². The molecule has 0 aliphatic carbocycles. The van der Waals surface area contributed by atoms with Crippen molar-refractivity contribution in [1.82, 2.24) is 8.61 Å². The first-order valence-electron chi connectivity index (χ1n) is 7.94. The van der Waals surface area contributed by atoms with Crippen molar-refractivity contribution in [1.29, 1.82) is 0 Å². The Kier molecular flexibility index (Phi) is 5.74. The molecule has 1 aliphatic heterocycles. The minimum atomic E-state index is -4.26. The summed E-state index contributed by atoms with van der Waals surface area (Å²) in [5.41, 5.74) is 0. The van der Waals surface area contributed by atoms with Crippen molar-refractivity contribution in [3.8, 4) is 0 Å². The Morgan fingerprint density at radius 3 is 1.86 bits per heavy atom. The van der Waals surface area contributed by atoms with Gasteiger partial charge in [-0.25, -0.2) is 30.0 Å². The molecule has 0 spiro atoms. The highest BCUT2D eigenvalue weighted by Crippen LogP contribution is 2.25. The Morgan fingerprint density at radius 2 is 1.32 bits per heavy atom. The van der Waals surface area contributed by atoms with Crippen molar-refractivity contribution in [2.24, 2.45) is 0 Å². The number of piperazine rings is 1. The maximum absolute atomic E-state index is 13.9. The average molecular weight is 455 g/mol. The summed E-state index contributed by atoms with van der Waals surface area (Å²) in [6.07, 6.45) is 0. The molecule has 152 valence electrons. The van der Waals surface area contributed by atoms with Crippen LogP contribution >= 0.6 is 11.6 Å². The van der Waals surface area contributed by atoms with Crippen molar-refractivity contribution < 1.29 is 30.0 Å². The SMILES string of the molecule is O=S(=O)(c1ccc(F)c(Cl)c1)N1CCN(S(=O)(=O)c2ccc(F)cc2F)CC1. The van der Waals surface area contributed by atoms with Crippen molar-refractivity contribution >= 4 is 31.6 Å². The fraction of sp³-hybridized carbons (Fsp3) is 0.250. The Hall–Kier alpha value is -1.66. The number of halogens is 4. The van der Waals surface area contributed by atoms with Gasteiger partial charge >= 0.3 is 0 Å². The molecule has 12 heteroatoms. The van der Waals surface area contributed by atoms with E-state index in [2.05, 4.69) is 0 Å². The van der Waals surface area contributed by atoms with Gasteiger partial charge < -0.3 is 0 Å². The second kappa shape index (κ2) is 7.64. The minimum absolute atomic E-state index is 0.195. The highest BCUT2D eigenvalue weighted by atomic mass is 35.5. The van der Waals surface area contributed by atoms with Gasteiger partial charge in [0.05, 0.1) is 9.92 Å². The van der Waals surface area contributed by atoms with Crippen molar-refractivity contribution in [2.75, 3.05) is 26.2 Å². The third-order valence-corrected chi connectivity index (χ3v) is 8.35. The normalized spacial score (nSPS) is 17.0. The molecule has 6 nitrogen and oxygen atoms in total. The monoisotopic (exact) mass is 454 g/mol. The minimum Gasteiger partial charge on any atom is -0.207 e. The molecule has 2 aromatic carbocycles. The van der Waals surface area contributed by atoms with Gasteiger partial charge in [-0.2, -0.15) is 8.61 Å². The summed E-state index contributed by atoms with van der Waals surface area (Å²) in [5, 5.41) is -0.353. The molecule has 28 heavy (non-hydrogen) atoms. The smallest absolute Gasteiger partial charge is 0.207 e. The van der Waals surface area contributed by atoms with Crippen LogP contribution in [0.3, 0.4) is 0 Å². The third-order valence-electron chi connectivity index (χ3n) is 4.24. The summed E-state index contributed by atoms with van der Waals surface area (Å²) in [6.45, 7) is -0.848. The number of sulfonamides is 2. The average Bonchev–Trinajstić information content (AvgIpc) is 2.63. The molecule has 0 atom stereocenters. The van der Waals surface area contributed by atoms with Gasteiger partial charge in [0.2, 0.25) is 20.0 Å². The van der Waals surface area contributed by atoms with Crippen LogP contribution in [0.25, 0.3) is 0 Å². The maximum atomic E-state index is 13.9. The summed E-state index contributed by atoms with van der Waals surface area (Å²) in [7, 11) is -8.27. The first-order valence-corrected chi connectivity index (χ1v) is 11.2. The topological polar surface area (TPSA) is 74.8 Å². The summed E-state index contributed by atoms with van der Waals surface area (Å²) in [4.78, 5) is -0.907. The van der Waals surface area contributed by atoms with Gasteiger partial charge in [-0.15, -0.1) is 0 Å². The standard InChI is InChI=1S/C16H14ClF3N2O4S2/c17-13-10-12(2-3-14(13)19)27(23,24)21-5-7-22(8-6-21)28(25,26)16-4-1-11(18)9-15(16)20/h1-4,9-10H,5-8H2. The third kappa shape index (κ3) is 3.90. The zero-order chi connectivity index (χ0) is 20.7. The van der Waals surface area contributed by atoms with Crippen LogP contribution in [0.5, 0.6) is 0 Å². The number of benzene rings is 2. The second-order valence-electron chi connectivity index (χ2n) is 5.96. The van der Waals surface area contributed by atoms with Gasteiger partial charge in [-0.05, 0) is 30.3 Å². The molecule has 0 aromatic heterocycles. The van der Waals surface area contributed by atoms with Gasteiger partial charge in [0.25, 0.3) is 0 Å². The van der Waals surface area contributed by atoms with Crippen LogP contribution < -0.4 is 0 Å². The molecule has 2 aromatic rings. The van der Waals surface area contributed by atoms with Crippen molar-refractivity contribution in [3.05, 3.63) is 58.9 Å². The van der Waals surface area contributed by atoms with Gasteiger partial charge in [0, 0.05) is 32.2 Å². The number of rotatable bonds is 4. The predicted molar refractivity (Wildman–Crippen MR) is 95.3 cm³/mol. The van der Waals surface area contributed by atoms with Crippen LogP contribution in [0.15, 0.2) is 46.2 Å². The van der Waals surface area contributed by atoms with Gasteiger partial charge in [0.1, 0.15) is 22.3 Å². The van der Waals surface area contributed by atoms with E-state index < -0.39 is 42.4 Å². The molecule has 3 rings (SSSR count). The van der Waals surface area contributed by atoms with E-state index in [4.69, 9.17) is 11.6 Å². The molecule has 0 radical (unpaired) electrons. The zero-order valence-electron chi connectivity index (χ0n) is 14.1. The molecule has 0 N–H and O–H groups in total. The molecule has 0 saturated carbocycles. The van der Waals surface area contributed by atoms with Crippen LogP contribution in [-0.2, 0) is 20.0 Å². The lowest BCUT2D eigenvalue weighted by molar-refractivity contribution is 0.272. The quantitative estimate of drug-likeness (QED) is 0.711. The van der Waals surface area contributed by atoms with E-state index in [0.29, 0.717) is 6.07 Å². The van der Waals surface area contributed by atoms with E-state index in [1.807, 2.05) is 0 Å². The molecule has 0 unspecified atom stereocenters. The van der Waals surface area contributed by atoms with E-state index in [1.165, 1.54) is 0 Å². The molecule has 0 amide bonds. The van der Waals surface area contributed by atoms with Crippen LogP contribution in [0, 0.1) is 17.5 Å². The van der Waals surface area contributed by atoms with Crippen LogP contribution in [0.4, 0.5) is 13.2 Å². The van der Waals surface area contributed by atoms with Gasteiger partial charge in [-0.3, -0.25) is 0 Å². The molecule has 1 fully saturated rings. The largest absolute Gasteiger partial charge is 0.246 e. The predicted octanol–water partition coefficient (Wildman–Crippen LogP) is 2.45. The fourth-order valence-corrected chi connectivity index (χ4v) is 5.92. The lowest BCUT2D eigenvalue weighted by Crippen LogP contribution is -2.50. The summed E-state index contributed by atoms with van der Waals surface area (Å²) >= 11 is 5.63. The van der Waals surface area contributed by atoms with E-state index in [9.17, 15) is 30.0 Å². The number of hydrogen-bond donors (Lipinski definition) is 0. The molecule has 1 heterocycles. The Morgan fingerprint density at radius 1 is 0.750 bits per heavy atom. The highest BCUT2D eigenvalue weighted by Gasteiger charge is 2.35. The first kappa shape index (κ1) is 21.1. The summed E-state index contributed by atoms with van der Waals surface area (Å²) < 4.78 is 92.5. The van der Waals surface area contributed by atoms with Crippen LogP contribution in [0.1, 0.15) is 0 Å². The van der Waals surface area contributed by atoms with Crippen LogP contribution in [0.2, 0.25) is 5.02 Å². The summed E-state index contributed by atoms with van der Waals surface area (Å²) in [6, 6.07) is 5.08. The Balaban J connectivity index is 1.79. The lowest BCUT2D eigenvalue weighted by atomic mass is 10.3. The Labute approximate surface area is 165 Å². The summed E-state index contributed by atoms with van der Waals surface area (Å²) in [5.74, 6) is -2.90. The zero-order valence-corrected chi connectivity index (χ0v) is 16.5. The fourth-order valence-electron chi connectivity index (χ4n) is 2.76. The van der Waals surface area contributed by atoms with E-state index >= 15 is 0 Å². The van der Waals surface area contributed by atoms with Gasteiger partial charge in [0.15, 0.2) is 0 Å². The van der Waals surface area contributed by atoms with E-state index in [0.717, 1.165) is 38.9 Å². The van der Waals surface area contributed by atoms with E-state index in [-0.39, 0.29) is 36.1 Å². The molecular formula is C16H14ClF3N2O4S2. The maximum Gasteiger partial charge on any atom is 0.246 e. The van der Waals surface area contributed by atoms with E-state index in [1.54, 1.807) is 0 Å². The van der Waals surface area contributed by atoms with Crippen molar-refractivity contribution in [2.45, 2.75) is 9.79 Å². The lowest BCUT2D eigenvalue weighted by Gasteiger charge is -2.33. The second-order valence-corrected chi connectivity index (χ2v) is 10.2. The number of hydrogen-bond acceptors (Lipinski definition) is 4. The Bertz CT molecular complexity index is 1120. The molecule has 1 aliphatic rings. The molecule has 1 saturated heterocycles.